The van der Waals surface area contributed by atoms with Crippen molar-refractivity contribution < 1.29 is 33.2 Å². The van der Waals surface area contributed by atoms with E-state index in [1.807, 2.05) is 36.4 Å². The summed E-state index contributed by atoms with van der Waals surface area (Å²) in [6.45, 7) is 20.2. The molecule has 0 saturated carbocycles. The Bertz CT molecular complexity index is 1330. The van der Waals surface area contributed by atoms with Gasteiger partial charge < -0.3 is 33.2 Å². The van der Waals surface area contributed by atoms with Crippen molar-refractivity contribution in [2.45, 2.75) is 134 Å². The molecule has 1 heterocycles. The molecule has 1 aliphatic rings. The van der Waals surface area contributed by atoms with Crippen LogP contribution in [0, 0.1) is 17.4 Å². The zero-order valence-corrected chi connectivity index (χ0v) is 34.4. The van der Waals surface area contributed by atoms with E-state index in [1.54, 1.807) is 20.3 Å². The number of hydrogen-bond donors (Lipinski definition) is 1. The highest BCUT2D eigenvalue weighted by molar-refractivity contribution is 6.85. The molecule has 12 heteroatoms. The maximum absolute atomic E-state index is 12.6. The first-order chi connectivity index (χ1) is 23.5. The third kappa shape index (κ3) is 14.3. The normalized spacial score (nSPS) is 20.8. The molecule has 0 aromatic heterocycles. The first kappa shape index (κ1) is 43.7. The van der Waals surface area contributed by atoms with Crippen LogP contribution in [0.25, 0.3) is 10.4 Å². The lowest BCUT2D eigenvalue weighted by Crippen LogP contribution is -2.49. The first-order valence-corrected chi connectivity index (χ1v) is 24.0. The number of azide groups is 1. The Labute approximate surface area is 303 Å². The van der Waals surface area contributed by atoms with Gasteiger partial charge in [-0.3, -0.25) is 0 Å². The minimum absolute atomic E-state index is 0.0578. The third-order valence-corrected chi connectivity index (χ3v) is 16.7. The summed E-state index contributed by atoms with van der Waals surface area (Å²) in [5.74, 6) is 4.39. The van der Waals surface area contributed by atoms with Gasteiger partial charge in [-0.2, -0.15) is 0 Å². The Morgan fingerprint density at radius 1 is 1.10 bits per heavy atom. The van der Waals surface area contributed by atoms with Gasteiger partial charge >= 0.3 is 0 Å². The minimum Gasteiger partial charge on any atom is -0.497 e. The van der Waals surface area contributed by atoms with Gasteiger partial charge in [-0.05, 0) is 66.3 Å². The maximum atomic E-state index is 12.6. The number of rotatable bonds is 20. The van der Waals surface area contributed by atoms with Crippen LogP contribution in [0.3, 0.4) is 0 Å². The predicted octanol–water partition coefficient (Wildman–Crippen LogP) is 8.94. The second-order valence-electron chi connectivity index (χ2n) is 15.2. The van der Waals surface area contributed by atoms with Gasteiger partial charge in [0.15, 0.2) is 14.6 Å². The Balaban J connectivity index is 2.56. The minimum atomic E-state index is -2.29. The molecule has 0 spiro atoms. The fourth-order valence-corrected chi connectivity index (χ4v) is 8.62. The van der Waals surface area contributed by atoms with Crippen molar-refractivity contribution >= 4 is 16.4 Å². The summed E-state index contributed by atoms with van der Waals surface area (Å²) in [4.78, 5) is 2.95. The molecule has 0 amide bonds. The highest BCUT2D eigenvalue weighted by Crippen LogP contribution is 2.38. The molecule has 0 fully saturated rings. The van der Waals surface area contributed by atoms with Crippen LogP contribution in [0.5, 0.6) is 5.75 Å². The number of nitrogens with zero attached hydrogens (tertiary/aromatic N) is 3. The van der Waals surface area contributed by atoms with Crippen LogP contribution >= 0.6 is 0 Å². The molecule has 0 aliphatic carbocycles. The van der Waals surface area contributed by atoms with Crippen molar-refractivity contribution in [1.29, 1.82) is 0 Å². The monoisotopic (exact) mass is 729 g/mol. The van der Waals surface area contributed by atoms with Gasteiger partial charge in [-0.15, -0.1) is 5.54 Å². The molecule has 280 valence electrons. The molecular weight excluding hydrogens is 667 g/mol. The largest absolute Gasteiger partial charge is 0.497 e. The lowest BCUT2D eigenvalue weighted by molar-refractivity contribution is -0.159. The SMILES string of the molecule is CCC[Si](C)(C)C#C[C@@H](C[C@@H](OCOCc1ccc(OC)cc1)[C@](O)(C=C[C@@H]1OC(OC)C=C[C@@H]1CC)CCN=[N+]=[N-])O[Si](C)(C)C(C)(C)C. The van der Waals surface area contributed by atoms with Crippen LogP contribution in [0.4, 0.5) is 0 Å². The smallest absolute Gasteiger partial charge is 0.193 e. The van der Waals surface area contributed by atoms with Gasteiger partial charge in [0, 0.05) is 30.9 Å². The molecule has 1 unspecified atom stereocenters. The molecule has 6 atom stereocenters. The fraction of sp³-hybridized carbons (Fsp3) is 0.684. The number of aliphatic hydroxyl groups is 1. The van der Waals surface area contributed by atoms with E-state index >= 15 is 0 Å². The molecule has 0 saturated heterocycles. The van der Waals surface area contributed by atoms with E-state index in [2.05, 4.69) is 88.4 Å². The van der Waals surface area contributed by atoms with Gasteiger partial charge in [0.1, 0.15) is 32.3 Å². The number of methoxy groups -OCH3 is 2. The summed E-state index contributed by atoms with van der Waals surface area (Å²) in [6, 6.07) is 8.72. The molecule has 1 N–H and O–H groups in total. The van der Waals surface area contributed by atoms with Crippen LogP contribution in [0.15, 0.2) is 53.7 Å². The van der Waals surface area contributed by atoms with Gasteiger partial charge in [-0.1, -0.05) is 95.5 Å². The molecule has 1 aromatic rings. The molecule has 0 radical (unpaired) electrons. The molecule has 1 aromatic carbocycles. The third-order valence-electron chi connectivity index (χ3n) is 9.64. The molecule has 50 heavy (non-hydrogen) atoms. The van der Waals surface area contributed by atoms with E-state index in [0.29, 0.717) is 6.61 Å². The average Bonchev–Trinajstić information content (AvgIpc) is 3.07. The van der Waals surface area contributed by atoms with Gasteiger partial charge in [0.05, 0.1) is 25.9 Å². The van der Waals surface area contributed by atoms with Crippen molar-refractivity contribution in [3.63, 3.8) is 0 Å². The molecule has 10 nitrogen and oxygen atoms in total. The van der Waals surface area contributed by atoms with E-state index in [-0.39, 0.29) is 43.2 Å². The Hall–Kier alpha value is -2.44. The van der Waals surface area contributed by atoms with Crippen molar-refractivity contribution in [1.82, 2.24) is 0 Å². The first-order valence-electron chi connectivity index (χ1n) is 17.8. The predicted molar refractivity (Wildman–Crippen MR) is 206 cm³/mol. The second kappa shape index (κ2) is 20.6. The van der Waals surface area contributed by atoms with Crippen molar-refractivity contribution in [3.8, 4) is 17.2 Å². The number of benzene rings is 1. The second-order valence-corrected chi connectivity index (χ2v) is 24.5. The van der Waals surface area contributed by atoms with Gasteiger partial charge in [-0.25, -0.2) is 0 Å². The van der Waals surface area contributed by atoms with Gasteiger partial charge in [0.2, 0.25) is 0 Å². The standard InChI is InChI=1S/C38H63N3O7Si2/c1-12-25-49(8,9)26-21-33(48-50(10,11)37(3,4)5)27-35(46-29-45-28-30-14-17-32(43-6)18-15-30)38(42,23-24-40-41-39)22-20-34-31(13-2)16-19-36(44-7)47-34/h14-20,22,31,33-36,42H,12-13,23-25,27-29H2,1-11H3/t31-,33-,34-,35+,36?,38-/m0/s1. The molecule has 1 aliphatic heterocycles. The molecular formula is C38H63N3O7Si2. The van der Waals surface area contributed by atoms with E-state index in [9.17, 15) is 5.11 Å². The van der Waals surface area contributed by atoms with Crippen molar-refractivity contribution in [2.24, 2.45) is 11.0 Å². The summed E-state index contributed by atoms with van der Waals surface area (Å²) in [5, 5.41) is 16.3. The summed E-state index contributed by atoms with van der Waals surface area (Å²) < 4.78 is 36.3. The average molecular weight is 730 g/mol. The summed E-state index contributed by atoms with van der Waals surface area (Å²) in [6.07, 6.45) is 7.77. The maximum Gasteiger partial charge on any atom is 0.193 e. The van der Waals surface area contributed by atoms with E-state index < -0.39 is 40.5 Å². The number of hydrogen-bond acceptors (Lipinski definition) is 8. The van der Waals surface area contributed by atoms with Crippen LogP contribution < -0.4 is 4.74 Å². The van der Waals surface area contributed by atoms with Crippen molar-refractivity contribution in [2.75, 3.05) is 27.6 Å². The molecule has 2 rings (SSSR count). The van der Waals surface area contributed by atoms with Crippen molar-refractivity contribution in [3.05, 3.63) is 64.6 Å². The number of ether oxygens (including phenoxy) is 5. The Morgan fingerprint density at radius 3 is 2.38 bits per heavy atom. The van der Waals surface area contributed by atoms with Crippen LogP contribution in [-0.2, 0) is 30.0 Å². The Kier molecular flexibility index (Phi) is 18.0. The lowest BCUT2D eigenvalue weighted by atomic mass is 9.86. The summed E-state index contributed by atoms with van der Waals surface area (Å²) >= 11 is 0. The summed E-state index contributed by atoms with van der Waals surface area (Å²) in [7, 11) is -0.875. The topological polar surface area (TPSA) is 124 Å². The zero-order chi connectivity index (χ0) is 37.4. The summed E-state index contributed by atoms with van der Waals surface area (Å²) in [5.41, 5.74) is 12.2. The van der Waals surface area contributed by atoms with Crippen LogP contribution in [0.1, 0.15) is 65.9 Å². The Morgan fingerprint density at radius 2 is 1.80 bits per heavy atom. The highest BCUT2D eigenvalue weighted by atomic mass is 28.4. The van der Waals surface area contributed by atoms with E-state index in [1.165, 1.54) is 0 Å². The molecule has 0 bridgehead atoms. The van der Waals surface area contributed by atoms with Gasteiger partial charge in [0.25, 0.3) is 0 Å². The highest BCUT2D eigenvalue weighted by Gasteiger charge is 2.42. The van der Waals surface area contributed by atoms with Crippen LogP contribution in [-0.4, -0.2) is 79.3 Å². The zero-order valence-electron chi connectivity index (χ0n) is 32.4. The lowest BCUT2D eigenvalue weighted by Gasteiger charge is -2.40. The fourth-order valence-electron chi connectivity index (χ4n) is 5.48. The quantitative estimate of drug-likeness (QED) is 0.0208. The van der Waals surface area contributed by atoms with Crippen LogP contribution in [0.2, 0.25) is 37.3 Å². The van der Waals surface area contributed by atoms with E-state index in [0.717, 1.165) is 30.2 Å². The van der Waals surface area contributed by atoms with E-state index in [4.69, 9.17) is 33.6 Å².